The highest BCUT2D eigenvalue weighted by Gasteiger charge is 2.71. The predicted molar refractivity (Wildman–Crippen MR) is 231 cm³/mol. The summed E-state index contributed by atoms with van der Waals surface area (Å²) in [5.74, 6) is -5.53. The highest BCUT2D eigenvalue weighted by molar-refractivity contribution is 6.30. The third kappa shape index (κ3) is 6.39. The summed E-state index contributed by atoms with van der Waals surface area (Å²) in [6, 6.07) is 29.3. The molecule has 2 heterocycles. The summed E-state index contributed by atoms with van der Waals surface area (Å²) in [5.41, 5.74) is 4.91. The highest BCUT2D eigenvalue weighted by Crippen LogP contribution is 2.66. The second-order valence-electron chi connectivity index (χ2n) is 15.8. The molecule has 13 heteroatoms. The first-order chi connectivity index (χ1) is 30.0. The van der Waals surface area contributed by atoms with Crippen LogP contribution in [0.1, 0.15) is 41.0 Å². The average molecular weight is 854 g/mol. The monoisotopic (exact) mass is 853 g/mol. The van der Waals surface area contributed by atoms with Crippen LogP contribution >= 0.6 is 11.6 Å². The molecule has 2 aliphatic heterocycles. The molecule has 2 aliphatic carbocycles. The molecular formula is C49H41ClFN3O8. The van der Waals surface area contributed by atoms with E-state index in [0.29, 0.717) is 39.0 Å². The molecular weight excluding hydrogens is 813 g/mol. The maximum Gasteiger partial charge on any atom is 0.260 e. The number of carbonyl (C=O) groups excluding carboxylic acids is 4. The number of hydrogen-bond donors (Lipinski definition) is 2. The maximum absolute atomic E-state index is 15.4. The summed E-state index contributed by atoms with van der Waals surface area (Å²) < 4.78 is 30.7. The predicted octanol–water partition coefficient (Wildman–Crippen LogP) is 8.57. The number of phenolic OH excluding ortho intramolecular Hbond substituents is 1. The fraction of sp³-hybridized carbons (Fsp3) is 0.224. The zero-order valence-electron chi connectivity index (χ0n) is 33.9. The number of nitrogens with zero attached hydrogens (tertiary/aromatic N) is 2. The van der Waals surface area contributed by atoms with Crippen molar-refractivity contribution in [2.45, 2.75) is 24.2 Å². The van der Waals surface area contributed by atoms with Gasteiger partial charge in [0.25, 0.3) is 11.8 Å². The number of aromatic hydroxyl groups is 1. The Hall–Kier alpha value is -6.92. The number of halogens is 2. The number of nitrogens with one attached hydrogen (secondary N) is 1. The number of phenols is 1. The normalized spacial score (nSPS) is 24.1. The minimum Gasteiger partial charge on any atom is -0.508 e. The zero-order valence-corrected chi connectivity index (χ0v) is 34.6. The summed E-state index contributed by atoms with van der Waals surface area (Å²) in [4.78, 5) is 60.9. The molecule has 0 bridgehead atoms. The highest BCUT2D eigenvalue weighted by atomic mass is 35.5. The largest absolute Gasteiger partial charge is 0.508 e. The summed E-state index contributed by atoms with van der Waals surface area (Å²) in [7, 11) is 4.63. The van der Waals surface area contributed by atoms with Crippen molar-refractivity contribution in [3.8, 4) is 23.0 Å². The SMILES string of the molecule is COc1ccc(OC)c(C=Cc2ccc(N3C(=O)[C@H]4[C@H](CC=C5[C@H]4C[C@H]4C(=O)N(Nc6ccc(F)cc6)C(=O)[C@@]4(c4ccc(Cl)cc4)[C@H]5c4c(O)cccc4OC)C3=O)cc2)c1. The van der Waals surface area contributed by atoms with E-state index in [9.17, 15) is 23.9 Å². The first-order valence-corrected chi connectivity index (χ1v) is 20.5. The number of carbonyl (C=O) groups is 4. The van der Waals surface area contributed by atoms with Gasteiger partial charge in [0.1, 0.15) is 28.8 Å². The van der Waals surface area contributed by atoms with Crippen LogP contribution in [0.4, 0.5) is 15.8 Å². The molecule has 11 nitrogen and oxygen atoms in total. The first kappa shape index (κ1) is 40.5. The van der Waals surface area contributed by atoms with Crippen LogP contribution in [0.5, 0.6) is 23.0 Å². The Bertz CT molecular complexity index is 2690. The van der Waals surface area contributed by atoms with Crippen molar-refractivity contribution in [3.05, 3.63) is 154 Å². The van der Waals surface area contributed by atoms with Gasteiger partial charge in [-0.05, 0) is 109 Å². The van der Waals surface area contributed by atoms with Crippen molar-refractivity contribution < 1.29 is 42.9 Å². The van der Waals surface area contributed by atoms with Crippen LogP contribution < -0.4 is 24.5 Å². The van der Waals surface area contributed by atoms with Gasteiger partial charge in [-0.15, -0.1) is 0 Å². The van der Waals surface area contributed by atoms with E-state index in [-0.39, 0.29) is 35.8 Å². The molecule has 4 amide bonds. The number of anilines is 2. The van der Waals surface area contributed by atoms with E-state index in [1.54, 1.807) is 62.8 Å². The van der Waals surface area contributed by atoms with Crippen LogP contribution in [0, 0.1) is 29.5 Å². The summed E-state index contributed by atoms with van der Waals surface area (Å²) in [6.45, 7) is 0. The molecule has 0 unspecified atom stereocenters. The Morgan fingerprint density at radius 1 is 0.790 bits per heavy atom. The standard InChI is InChI=1S/C49H41ClFN3O8/c1-60-34-21-24-40(61-2)28(25-34)10-7-27-8-19-33(20-9-27)53-45(56)36-23-22-35-37(42(36)47(53)58)26-38-46(57)54(52-32-17-15-31(51)16-18-32)48(59)49(38,29-11-13-30(50)14-12-29)44(35)43-39(55)5-4-6-41(43)62-3/h4-22,24-25,36-38,42,44,52,55H,23,26H2,1-3H3/t36-,37+,38-,42-,44+,49+/m0/s1. The zero-order chi connectivity index (χ0) is 43.4. The van der Waals surface area contributed by atoms with Crippen LogP contribution in [0.2, 0.25) is 5.02 Å². The van der Waals surface area contributed by atoms with Crippen LogP contribution in [0.25, 0.3) is 12.2 Å². The van der Waals surface area contributed by atoms with E-state index in [2.05, 4.69) is 5.43 Å². The summed E-state index contributed by atoms with van der Waals surface area (Å²) >= 11 is 6.41. The van der Waals surface area contributed by atoms with E-state index in [1.165, 1.54) is 42.3 Å². The lowest BCUT2D eigenvalue weighted by Crippen LogP contribution is -2.53. The summed E-state index contributed by atoms with van der Waals surface area (Å²) in [6.07, 6.45) is 5.88. The van der Waals surface area contributed by atoms with Gasteiger partial charge in [-0.2, -0.15) is 5.01 Å². The Labute approximate surface area is 361 Å². The molecule has 4 aliphatic rings. The van der Waals surface area contributed by atoms with Gasteiger partial charge in [0.15, 0.2) is 0 Å². The van der Waals surface area contributed by atoms with Gasteiger partial charge in [-0.3, -0.25) is 29.5 Å². The minimum atomic E-state index is -1.69. The van der Waals surface area contributed by atoms with Crippen molar-refractivity contribution in [2.75, 3.05) is 31.7 Å². The maximum atomic E-state index is 15.4. The molecule has 0 spiro atoms. The van der Waals surface area contributed by atoms with Crippen molar-refractivity contribution in [2.24, 2.45) is 23.7 Å². The Morgan fingerprint density at radius 2 is 1.52 bits per heavy atom. The van der Waals surface area contributed by atoms with Gasteiger partial charge >= 0.3 is 0 Å². The van der Waals surface area contributed by atoms with Gasteiger partial charge in [-0.1, -0.05) is 65.7 Å². The fourth-order valence-corrected chi connectivity index (χ4v) is 10.2. The molecule has 0 radical (unpaired) electrons. The molecule has 6 atom stereocenters. The molecule has 5 aromatic rings. The van der Waals surface area contributed by atoms with Gasteiger partial charge in [0, 0.05) is 22.1 Å². The lowest BCUT2D eigenvalue weighted by molar-refractivity contribution is -0.138. The van der Waals surface area contributed by atoms with Crippen molar-refractivity contribution in [1.29, 1.82) is 0 Å². The number of hydrazine groups is 1. The fourth-order valence-electron chi connectivity index (χ4n) is 10.1. The molecule has 2 saturated heterocycles. The third-order valence-electron chi connectivity index (χ3n) is 12.9. The van der Waals surface area contributed by atoms with Crippen LogP contribution in [0.15, 0.2) is 121 Å². The number of methoxy groups -OCH3 is 3. The summed E-state index contributed by atoms with van der Waals surface area (Å²) in [5, 5.41) is 13.1. The first-order valence-electron chi connectivity index (χ1n) is 20.1. The molecule has 3 fully saturated rings. The molecule has 9 rings (SSSR count). The molecule has 62 heavy (non-hydrogen) atoms. The average Bonchev–Trinajstić information content (AvgIpc) is 3.67. The third-order valence-corrected chi connectivity index (χ3v) is 13.1. The lowest BCUT2D eigenvalue weighted by Gasteiger charge is -2.50. The van der Waals surface area contributed by atoms with E-state index in [0.717, 1.165) is 16.1 Å². The second kappa shape index (κ2) is 15.8. The van der Waals surface area contributed by atoms with Crippen molar-refractivity contribution in [1.82, 2.24) is 5.01 Å². The van der Waals surface area contributed by atoms with Crippen molar-refractivity contribution >= 4 is 58.8 Å². The quantitative estimate of drug-likeness (QED) is 0.0805. The van der Waals surface area contributed by atoms with Crippen LogP contribution in [0.3, 0.4) is 0 Å². The van der Waals surface area contributed by atoms with Gasteiger partial charge in [0.2, 0.25) is 11.8 Å². The lowest BCUT2D eigenvalue weighted by atomic mass is 9.49. The van der Waals surface area contributed by atoms with E-state index >= 15 is 4.79 Å². The molecule has 0 aromatic heterocycles. The molecule has 314 valence electrons. The Morgan fingerprint density at radius 3 is 2.21 bits per heavy atom. The molecule has 1 saturated carbocycles. The van der Waals surface area contributed by atoms with Crippen molar-refractivity contribution in [3.63, 3.8) is 0 Å². The number of benzene rings is 5. The van der Waals surface area contributed by atoms with Gasteiger partial charge in [-0.25, -0.2) is 4.39 Å². The number of ether oxygens (including phenoxy) is 3. The number of amides is 4. The van der Waals surface area contributed by atoms with Gasteiger partial charge in [0.05, 0.1) is 55.9 Å². The van der Waals surface area contributed by atoms with E-state index < -0.39 is 58.5 Å². The van der Waals surface area contributed by atoms with Crippen LogP contribution in [-0.2, 0) is 24.6 Å². The number of fused-ring (bicyclic) bond motifs is 4. The van der Waals surface area contributed by atoms with E-state index in [1.807, 2.05) is 48.6 Å². The number of hydrogen-bond acceptors (Lipinski definition) is 9. The second-order valence-corrected chi connectivity index (χ2v) is 16.2. The van der Waals surface area contributed by atoms with E-state index in [4.69, 9.17) is 25.8 Å². The Balaban J connectivity index is 1.13. The van der Waals surface area contributed by atoms with Crippen LogP contribution in [-0.4, -0.2) is 55.1 Å². The van der Waals surface area contributed by atoms with Gasteiger partial charge < -0.3 is 19.3 Å². The minimum absolute atomic E-state index is 0.0263. The topological polar surface area (TPSA) is 135 Å². The number of allylic oxidation sites excluding steroid dienone is 2. The molecule has 2 N–H and O–H groups in total. The smallest absolute Gasteiger partial charge is 0.260 e. The number of imide groups is 2. The Kier molecular flexibility index (Phi) is 10.3. The molecule has 5 aromatic carbocycles. The number of rotatable bonds is 10.